The highest BCUT2D eigenvalue weighted by molar-refractivity contribution is 14.0. The fourth-order valence-electron chi connectivity index (χ4n) is 2.13. The van der Waals surface area contributed by atoms with E-state index in [9.17, 15) is 4.79 Å². The lowest BCUT2D eigenvalue weighted by atomic mass is 10.2. The molecule has 0 heterocycles. The van der Waals surface area contributed by atoms with Crippen LogP contribution < -0.4 is 10.6 Å². The average molecular weight is 520 g/mol. The van der Waals surface area contributed by atoms with Gasteiger partial charge in [-0.3, -0.25) is 4.79 Å². The zero-order chi connectivity index (χ0) is 20.6. The minimum Gasteiger partial charge on any atom is -0.379 e. The van der Waals surface area contributed by atoms with Gasteiger partial charge >= 0.3 is 0 Å². The van der Waals surface area contributed by atoms with Crippen LogP contribution in [0.25, 0.3) is 0 Å². The van der Waals surface area contributed by atoms with Gasteiger partial charge in [0.15, 0.2) is 5.96 Å². The number of rotatable bonds is 13. The molecule has 0 bridgehead atoms. The zero-order valence-electron chi connectivity index (χ0n) is 18.1. The van der Waals surface area contributed by atoms with E-state index < -0.39 is 0 Å². The SMILES string of the molecule is CC(C)CNC(=NCC(=O)N(C)C)NCCCOCCOCc1ccccc1.I. The number of ether oxygens (including phenoxy) is 2. The Bertz CT molecular complexity index is 568. The summed E-state index contributed by atoms with van der Waals surface area (Å²) in [5, 5.41) is 6.51. The van der Waals surface area contributed by atoms with Gasteiger partial charge in [0.2, 0.25) is 5.91 Å². The summed E-state index contributed by atoms with van der Waals surface area (Å²) in [6.45, 7) is 8.34. The second-order valence-corrected chi connectivity index (χ2v) is 7.16. The second-order valence-electron chi connectivity index (χ2n) is 7.16. The Morgan fingerprint density at radius 3 is 2.41 bits per heavy atom. The predicted octanol–water partition coefficient (Wildman–Crippen LogP) is 2.51. The largest absolute Gasteiger partial charge is 0.379 e. The lowest BCUT2D eigenvalue weighted by Crippen LogP contribution is -2.40. The Hall–Kier alpha value is -1.39. The molecule has 2 N–H and O–H groups in total. The molecule has 0 aromatic heterocycles. The van der Waals surface area contributed by atoms with Gasteiger partial charge in [-0.25, -0.2) is 4.99 Å². The number of guanidine groups is 1. The van der Waals surface area contributed by atoms with Crippen molar-refractivity contribution in [1.82, 2.24) is 15.5 Å². The van der Waals surface area contributed by atoms with Crippen LogP contribution in [0.4, 0.5) is 0 Å². The van der Waals surface area contributed by atoms with Crippen molar-refractivity contribution in [2.75, 3.05) is 53.6 Å². The highest BCUT2D eigenvalue weighted by Gasteiger charge is 2.05. The summed E-state index contributed by atoms with van der Waals surface area (Å²) in [4.78, 5) is 17.6. The van der Waals surface area contributed by atoms with Crippen molar-refractivity contribution in [3.8, 4) is 0 Å². The Balaban J connectivity index is 0.00000784. The second kappa shape index (κ2) is 17.5. The number of nitrogens with zero attached hydrogens (tertiary/aromatic N) is 2. The Kier molecular flexibility index (Phi) is 16.6. The van der Waals surface area contributed by atoms with Gasteiger partial charge in [0.1, 0.15) is 6.54 Å². The number of hydrogen-bond acceptors (Lipinski definition) is 4. The molecule has 0 saturated heterocycles. The molecule has 1 aromatic rings. The van der Waals surface area contributed by atoms with Crippen LogP contribution in [0.5, 0.6) is 0 Å². The lowest BCUT2D eigenvalue weighted by Gasteiger charge is -2.15. The fraction of sp³-hybridized carbons (Fsp3) is 0.619. The number of hydrogen-bond donors (Lipinski definition) is 2. The van der Waals surface area contributed by atoms with E-state index in [4.69, 9.17) is 9.47 Å². The first-order chi connectivity index (χ1) is 13.5. The fourth-order valence-corrected chi connectivity index (χ4v) is 2.13. The number of benzene rings is 1. The molecule has 8 heteroatoms. The van der Waals surface area contributed by atoms with Gasteiger partial charge in [0.25, 0.3) is 0 Å². The molecule has 0 aliphatic carbocycles. The summed E-state index contributed by atoms with van der Waals surface area (Å²) in [7, 11) is 3.46. The van der Waals surface area contributed by atoms with Crippen LogP contribution in [0, 0.1) is 5.92 Å². The maximum Gasteiger partial charge on any atom is 0.243 e. The van der Waals surface area contributed by atoms with E-state index in [1.807, 2.05) is 30.3 Å². The van der Waals surface area contributed by atoms with Crippen molar-refractivity contribution in [2.24, 2.45) is 10.9 Å². The number of aliphatic imine (C=N–C) groups is 1. The maximum absolute atomic E-state index is 11.7. The van der Waals surface area contributed by atoms with Crippen LogP contribution in [0.15, 0.2) is 35.3 Å². The van der Waals surface area contributed by atoms with Gasteiger partial charge in [-0.15, -0.1) is 24.0 Å². The van der Waals surface area contributed by atoms with Crippen LogP contribution in [0.3, 0.4) is 0 Å². The standard InChI is InChI=1S/C21H36N4O3.HI/c1-18(2)15-23-21(24-16-20(26)25(3)4)22-11-8-12-27-13-14-28-17-19-9-6-5-7-10-19;/h5-7,9-10,18H,8,11-17H2,1-4H3,(H2,22,23,24);1H. The minimum atomic E-state index is -0.0236. The molecular formula is C21H37IN4O3. The maximum atomic E-state index is 11.7. The Morgan fingerprint density at radius 2 is 1.76 bits per heavy atom. The molecule has 29 heavy (non-hydrogen) atoms. The number of likely N-dealkylation sites (N-methyl/N-ethyl adjacent to an activating group) is 1. The highest BCUT2D eigenvalue weighted by Crippen LogP contribution is 2.00. The van der Waals surface area contributed by atoms with Crippen LogP contribution >= 0.6 is 24.0 Å². The van der Waals surface area contributed by atoms with Crippen LogP contribution in [0.1, 0.15) is 25.8 Å². The molecule has 0 unspecified atom stereocenters. The summed E-state index contributed by atoms with van der Waals surface area (Å²) < 4.78 is 11.2. The predicted molar refractivity (Wildman–Crippen MR) is 129 cm³/mol. The van der Waals surface area contributed by atoms with Crippen LogP contribution in [-0.2, 0) is 20.9 Å². The molecule has 1 aromatic carbocycles. The summed E-state index contributed by atoms with van der Waals surface area (Å²) in [6, 6.07) is 10.1. The third-order valence-electron chi connectivity index (χ3n) is 3.79. The van der Waals surface area contributed by atoms with Crippen molar-refractivity contribution in [1.29, 1.82) is 0 Å². The first kappa shape index (κ1) is 27.6. The summed E-state index contributed by atoms with van der Waals surface area (Å²) in [5.41, 5.74) is 1.17. The number of amides is 1. The van der Waals surface area contributed by atoms with Crippen molar-refractivity contribution in [3.05, 3.63) is 35.9 Å². The first-order valence-electron chi connectivity index (χ1n) is 9.90. The molecule has 1 amide bonds. The number of nitrogens with one attached hydrogen (secondary N) is 2. The lowest BCUT2D eigenvalue weighted by molar-refractivity contribution is -0.127. The summed E-state index contributed by atoms with van der Waals surface area (Å²) in [5.74, 6) is 1.13. The van der Waals surface area contributed by atoms with E-state index in [1.54, 1.807) is 14.1 Å². The van der Waals surface area contributed by atoms with Gasteiger partial charge in [0, 0.05) is 33.8 Å². The monoisotopic (exact) mass is 520 g/mol. The average Bonchev–Trinajstić information content (AvgIpc) is 2.68. The van der Waals surface area contributed by atoms with E-state index in [-0.39, 0.29) is 36.4 Å². The van der Waals surface area contributed by atoms with E-state index in [2.05, 4.69) is 29.5 Å². The zero-order valence-corrected chi connectivity index (χ0v) is 20.5. The van der Waals surface area contributed by atoms with Crippen LogP contribution in [0.2, 0.25) is 0 Å². The third kappa shape index (κ3) is 15.2. The molecule has 0 radical (unpaired) electrons. The molecule has 0 aliphatic heterocycles. The Labute approximate surface area is 192 Å². The molecule has 0 fully saturated rings. The number of halogens is 1. The number of carbonyl (C=O) groups excluding carboxylic acids is 1. The van der Waals surface area contributed by atoms with Gasteiger partial charge < -0.3 is 25.0 Å². The van der Waals surface area contributed by atoms with Gasteiger partial charge in [-0.2, -0.15) is 0 Å². The van der Waals surface area contributed by atoms with Gasteiger partial charge in [-0.05, 0) is 17.9 Å². The Morgan fingerprint density at radius 1 is 1.07 bits per heavy atom. The van der Waals surface area contributed by atoms with Crippen LogP contribution in [-0.4, -0.2) is 70.3 Å². The topological polar surface area (TPSA) is 75.2 Å². The molecule has 0 saturated carbocycles. The first-order valence-corrected chi connectivity index (χ1v) is 9.90. The minimum absolute atomic E-state index is 0. The molecule has 166 valence electrons. The molecule has 0 atom stereocenters. The summed E-state index contributed by atoms with van der Waals surface area (Å²) >= 11 is 0. The number of carbonyl (C=O) groups is 1. The van der Waals surface area contributed by atoms with Crippen molar-refractivity contribution in [2.45, 2.75) is 26.9 Å². The van der Waals surface area contributed by atoms with E-state index in [1.165, 1.54) is 10.5 Å². The van der Waals surface area contributed by atoms with Crippen molar-refractivity contribution >= 4 is 35.8 Å². The molecule has 0 aliphatic rings. The molecular weight excluding hydrogens is 483 g/mol. The van der Waals surface area contributed by atoms with Gasteiger partial charge in [-0.1, -0.05) is 44.2 Å². The third-order valence-corrected chi connectivity index (χ3v) is 3.79. The van der Waals surface area contributed by atoms with Gasteiger partial charge in [0.05, 0.1) is 19.8 Å². The smallest absolute Gasteiger partial charge is 0.243 e. The quantitative estimate of drug-likeness (QED) is 0.181. The van der Waals surface area contributed by atoms with Crippen molar-refractivity contribution in [3.63, 3.8) is 0 Å². The van der Waals surface area contributed by atoms with E-state index in [0.717, 1.165) is 19.5 Å². The van der Waals surface area contributed by atoms with E-state index in [0.29, 0.717) is 38.3 Å². The van der Waals surface area contributed by atoms with E-state index >= 15 is 0 Å². The summed E-state index contributed by atoms with van der Waals surface area (Å²) in [6.07, 6.45) is 0.850. The normalized spacial score (nSPS) is 11.1. The molecule has 1 rings (SSSR count). The molecule has 0 spiro atoms. The van der Waals surface area contributed by atoms with Crippen molar-refractivity contribution < 1.29 is 14.3 Å². The molecule has 7 nitrogen and oxygen atoms in total. The highest BCUT2D eigenvalue weighted by atomic mass is 127.